The summed E-state index contributed by atoms with van der Waals surface area (Å²) in [6.45, 7) is 6.72. The zero-order chi connectivity index (χ0) is 13.8. The summed E-state index contributed by atoms with van der Waals surface area (Å²) in [6, 6.07) is 0. The van der Waals surface area contributed by atoms with Crippen molar-refractivity contribution < 1.29 is 8.42 Å². The second-order valence-electron chi connectivity index (χ2n) is 4.34. The maximum Gasteiger partial charge on any atom is 0.260 e. The van der Waals surface area contributed by atoms with Gasteiger partial charge in [0.05, 0.1) is 6.33 Å². The summed E-state index contributed by atoms with van der Waals surface area (Å²) in [6.07, 6.45) is 4.33. The molecule has 0 atom stereocenters. The summed E-state index contributed by atoms with van der Waals surface area (Å²) in [4.78, 5) is 3.92. The normalized spacial score (nSPS) is 12.9. The lowest BCUT2D eigenvalue weighted by Gasteiger charge is -2.30. The van der Waals surface area contributed by atoms with Gasteiger partial charge in [0.25, 0.3) is 10.0 Å². The molecule has 18 heavy (non-hydrogen) atoms. The highest BCUT2D eigenvalue weighted by Gasteiger charge is 2.31. The highest BCUT2D eigenvalue weighted by Crippen LogP contribution is 2.17. The molecule has 1 rings (SSSR count). The fourth-order valence-corrected chi connectivity index (χ4v) is 3.22. The van der Waals surface area contributed by atoms with Crippen LogP contribution in [0.4, 0.5) is 0 Å². The number of hydrogen-bond donors (Lipinski definition) is 2. The number of hydrogen-bond acceptors (Lipinski definition) is 4. The minimum atomic E-state index is -3.61. The average molecular weight is 274 g/mol. The molecule has 0 fully saturated rings. The van der Waals surface area contributed by atoms with E-state index in [1.807, 2.05) is 20.8 Å². The Bertz CT molecular complexity index is 469. The van der Waals surface area contributed by atoms with Gasteiger partial charge < -0.3 is 10.3 Å². The molecular weight excluding hydrogens is 252 g/mol. The molecule has 0 aliphatic carbocycles. The Morgan fingerprint density at radius 3 is 2.39 bits per heavy atom. The van der Waals surface area contributed by atoms with Gasteiger partial charge in [0.1, 0.15) is 0 Å². The van der Waals surface area contributed by atoms with Crippen LogP contribution in [0.25, 0.3) is 0 Å². The molecule has 1 aromatic heterocycles. The number of aromatic nitrogens is 2. The maximum atomic E-state index is 12.2. The number of rotatable bonds is 7. The van der Waals surface area contributed by atoms with Crippen molar-refractivity contribution >= 4 is 10.0 Å². The number of aryl methyl sites for hydroxylation is 1. The van der Waals surface area contributed by atoms with Gasteiger partial charge in [0.2, 0.25) is 0 Å². The molecule has 1 heterocycles. The highest BCUT2D eigenvalue weighted by molar-refractivity contribution is 7.89. The number of nitrogens with zero attached hydrogens (tertiary/aromatic N) is 2. The smallest absolute Gasteiger partial charge is 0.260 e. The number of sulfonamides is 1. The molecule has 7 heteroatoms. The molecular formula is C11H22N4O2S. The topological polar surface area (TPSA) is 90.0 Å². The van der Waals surface area contributed by atoms with Crippen molar-refractivity contribution in [3.8, 4) is 0 Å². The van der Waals surface area contributed by atoms with Gasteiger partial charge >= 0.3 is 0 Å². The van der Waals surface area contributed by atoms with E-state index in [2.05, 4.69) is 9.71 Å². The van der Waals surface area contributed by atoms with Crippen molar-refractivity contribution in [2.75, 3.05) is 6.54 Å². The van der Waals surface area contributed by atoms with Gasteiger partial charge in [-0.15, -0.1) is 0 Å². The standard InChI is InChI=1S/C11H22N4O2S/c1-4-11(5-2,8-12)14-18(16,17)10-7-15(6-3)9-13-10/h7,9,14H,4-6,8,12H2,1-3H3. The summed E-state index contributed by atoms with van der Waals surface area (Å²) in [5.41, 5.74) is 5.10. The Labute approximate surface area is 109 Å². The number of nitrogens with one attached hydrogen (secondary N) is 1. The Hall–Kier alpha value is -0.920. The van der Waals surface area contributed by atoms with Gasteiger partial charge in [0, 0.05) is 24.8 Å². The van der Waals surface area contributed by atoms with E-state index in [-0.39, 0.29) is 11.6 Å². The molecule has 0 bridgehead atoms. The predicted molar refractivity (Wildman–Crippen MR) is 70.6 cm³/mol. The first-order valence-corrected chi connectivity index (χ1v) is 7.67. The van der Waals surface area contributed by atoms with Gasteiger partial charge in [-0.1, -0.05) is 13.8 Å². The minimum Gasteiger partial charge on any atom is -0.336 e. The Balaban J connectivity index is 3.00. The van der Waals surface area contributed by atoms with Crippen molar-refractivity contribution in [2.45, 2.75) is 50.7 Å². The molecule has 0 amide bonds. The second kappa shape index (κ2) is 5.81. The average Bonchev–Trinajstić information content (AvgIpc) is 2.85. The van der Waals surface area contributed by atoms with Crippen LogP contribution in [-0.4, -0.2) is 30.1 Å². The van der Waals surface area contributed by atoms with Crippen LogP contribution in [0.15, 0.2) is 17.6 Å². The summed E-state index contributed by atoms with van der Waals surface area (Å²) in [5.74, 6) is 0. The molecule has 1 aromatic rings. The molecule has 0 radical (unpaired) electrons. The molecule has 3 N–H and O–H groups in total. The third-order valence-electron chi connectivity index (χ3n) is 3.35. The Kier molecular flexibility index (Phi) is 4.89. The lowest BCUT2D eigenvalue weighted by atomic mass is 9.95. The van der Waals surface area contributed by atoms with Gasteiger partial charge in [-0.25, -0.2) is 18.1 Å². The monoisotopic (exact) mass is 274 g/mol. The van der Waals surface area contributed by atoms with E-state index in [1.54, 1.807) is 4.57 Å². The molecule has 6 nitrogen and oxygen atoms in total. The van der Waals surface area contributed by atoms with Crippen molar-refractivity contribution in [1.29, 1.82) is 0 Å². The van der Waals surface area contributed by atoms with E-state index in [0.29, 0.717) is 19.4 Å². The fourth-order valence-electron chi connectivity index (χ4n) is 1.71. The van der Waals surface area contributed by atoms with Crippen molar-refractivity contribution in [2.24, 2.45) is 5.73 Å². The first-order valence-electron chi connectivity index (χ1n) is 6.18. The molecule has 0 spiro atoms. The van der Waals surface area contributed by atoms with Crippen LogP contribution in [-0.2, 0) is 16.6 Å². The van der Waals surface area contributed by atoms with E-state index < -0.39 is 15.6 Å². The zero-order valence-corrected chi connectivity index (χ0v) is 12.0. The van der Waals surface area contributed by atoms with Gasteiger partial charge in [-0.05, 0) is 19.8 Å². The SMILES string of the molecule is CCn1cnc(S(=O)(=O)NC(CC)(CC)CN)c1. The van der Waals surface area contributed by atoms with Crippen LogP contribution in [0, 0.1) is 0 Å². The van der Waals surface area contributed by atoms with Gasteiger partial charge in [0.15, 0.2) is 5.03 Å². The molecule has 0 saturated carbocycles. The molecule has 0 saturated heterocycles. The summed E-state index contributed by atoms with van der Waals surface area (Å²) < 4.78 is 28.8. The molecule has 0 aromatic carbocycles. The Morgan fingerprint density at radius 2 is 2.00 bits per heavy atom. The number of imidazole rings is 1. The van der Waals surface area contributed by atoms with Crippen LogP contribution in [0.1, 0.15) is 33.6 Å². The third-order valence-corrected chi connectivity index (χ3v) is 4.81. The van der Waals surface area contributed by atoms with E-state index >= 15 is 0 Å². The van der Waals surface area contributed by atoms with Gasteiger partial charge in [-0.2, -0.15) is 0 Å². The quantitative estimate of drug-likeness (QED) is 0.766. The van der Waals surface area contributed by atoms with Crippen LogP contribution < -0.4 is 10.5 Å². The second-order valence-corrected chi connectivity index (χ2v) is 5.97. The summed E-state index contributed by atoms with van der Waals surface area (Å²) in [7, 11) is -3.61. The van der Waals surface area contributed by atoms with Crippen molar-refractivity contribution in [1.82, 2.24) is 14.3 Å². The molecule has 104 valence electrons. The van der Waals surface area contributed by atoms with Gasteiger partial charge in [-0.3, -0.25) is 0 Å². The molecule has 0 aliphatic heterocycles. The minimum absolute atomic E-state index is 0.0454. The van der Waals surface area contributed by atoms with Crippen molar-refractivity contribution in [3.63, 3.8) is 0 Å². The van der Waals surface area contributed by atoms with Crippen LogP contribution in [0.5, 0.6) is 0 Å². The zero-order valence-electron chi connectivity index (χ0n) is 11.2. The van der Waals surface area contributed by atoms with E-state index in [4.69, 9.17) is 5.73 Å². The molecule has 0 aliphatic rings. The maximum absolute atomic E-state index is 12.2. The largest absolute Gasteiger partial charge is 0.336 e. The Morgan fingerprint density at radius 1 is 1.39 bits per heavy atom. The van der Waals surface area contributed by atoms with E-state index in [1.165, 1.54) is 12.5 Å². The lowest BCUT2D eigenvalue weighted by Crippen LogP contribution is -2.52. The van der Waals surface area contributed by atoms with Crippen LogP contribution >= 0.6 is 0 Å². The first-order chi connectivity index (χ1) is 8.43. The highest BCUT2D eigenvalue weighted by atomic mass is 32.2. The molecule has 0 unspecified atom stereocenters. The summed E-state index contributed by atoms with van der Waals surface area (Å²) in [5, 5.41) is 0.0454. The summed E-state index contributed by atoms with van der Waals surface area (Å²) >= 11 is 0. The van der Waals surface area contributed by atoms with E-state index in [0.717, 1.165) is 0 Å². The third kappa shape index (κ3) is 3.09. The van der Waals surface area contributed by atoms with E-state index in [9.17, 15) is 8.42 Å². The first kappa shape index (κ1) is 15.1. The fraction of sp³-hybridized carbons (Fsp3) is 0.727. The van der Waals surface area contributed by atoms with Crippen LogP contribution in [0.2, 0.25) is 0 Å². The van der Waals surface area contributed by atoms with Crippen molar-refractivity contribution in [3.05, 3.63) is 12.5 Å². The predicted octanol–water partition coefficient (Wildman–Crippen LogP) is 0.699. The number of nitrogens with two attached hydrogens (primary N) is 1. The van der Waals surface area contributed by atoms with Crippen LogP contribution in [0.3, 0.4) is 0 Å². The lowest BCUT2D eigenvalue weighted by molar-refractivity contribution is 0.362.